The van der Waals surface area contributed by atoms with Crippen molar-refractivity contribution in [3.05, 3.63) is 90.0 Å². The van der Waals surface area contributed by atoms with Crippen LogP contribution in [-0.4, -0.2) is 76.8 Å². The van der Waals surface area contributed by atoms with E-state index >= 15 is 0 Å². The zero-order chi connectivity index (χ0) is 23.8. The molecule has 176 valence electrons. The number of hydrogen-bond acceptors (Lipinski definition) is 5. The van der Waals surface area contributed by atoms with Crippen LogP contribution in [0.5, 0.6) is 0 Å². The van der Waals surface area contributed by atoms with E-state index < -0.39 is 0 Å². The van der Waals surface area contributed by atoms with Crippen LogP contribution in [0.25, 0.3) is 20.8 Å². The SMILES string of the molecule is O=C(c1ccccc1)N1CCN(C2CN(C(=O)c3ccc4nc(-c5ccccc5)sc4c3)C2)CC1. The zero-order valence-corrected chi connectivity index (χ0v) is 20.2. The zero-order valence-electron chi connectivity index (χ0n) is 19.3. The lowest BCUT2D eigenvalue weighted by molar-refractivity contribution is 0.00855. The monoisotopic (exact) mass is 482 g/mol. The minimum Gasteiger partial charge on any atom is -0.336 e. The summed E-state index contributed by atoms with van der Waals surface area (Å²) in [5, 5.41) is 0.971. The Balaban J connectivity index is 1.05. The normalized spacial score (nSPS) is 16.9. The fourth-order valence-electron chi connectivity index (χ4n) is 4.85. The Morgan fingerprint density at radius 1 is 0.743 bits per heavy atom. The number of likely N-dealkylation sites (tertiary alicyclic amines) is 1. The van der Waals surface area contributed by atoms with Gasteiger partial charge in [0.25, 0.3) is 11.8 Å². The predicted octanol–water partition coefficient (Wildman–Crippen LogP) is 4.25. The molecule has 0 unspecified atom stereocenters. The summed E-state index contributed by atoms with van der Waals surface area (Å²) in [6.45, 7) is 4.62. The molecule has 2 fully saturated rings. The van der Waals surface area contributed by atoms with E-state index in [9.17, 15) is 9.59 Å². The van der Waals surface area contributed by atoms with Gasteiger partial charge in [-0.05, 0) is 30.3 Å². The maximum atomic E-state index is 13.1. The molecule has 0 bridgehead atoms. The Bertz CT molecular complexity index is 1360. The predicted molar refractivity (Wildman–Crippen MR) is 139 cm³/mol. The van der Waals surface area contributed by atoms with Gasteiger partial charge in [0.05, 0.1) is 10.2 Å². The van der Waals surface area contributed by atoms with Gasteiger partial charge in [0.2, 0.25) is 0 Å². The van der Waals surface area contributed by atoms with Crippen LogP contribution in [0.4, 0.5) is 0 Å². The molecule has 6 rings (SSSR count). The summed E-state index contributed by atoms with van der Waals surface area (Å²) in [6.07, 6.45) is 0. The van der Waals surface area contributed by atoms with Gasteiger partial charge >= 0.3 is 0 Å². The van der Waals surface area contributed by atoms with Crippen molar-refractivity contribution in [2.45, 2.75) is 6.04 Å². The summed E-state index contributed by atoms with van der Waals surface area (Å²) in [7, 11) is 0. The van der Waals surface area contributed by atoms with Gasteiger partial charge in [-0.3, -0.25) is 14.5 Å². The molecule has 1 aromatic heterocycles. The van der Waals surface area contributed by atoms with E-state index in [1.165, 1.54) is 0 Å². The third-order valence-electron chi connectivity index (χ3n) is 6.94. The van der Waals surface area contributed by atoms with E-state index in [1.807, 2.05) is 76.5 Å². The lowest BCUT2D eigenvalue weighted by Gasteiger charge is -2.48. The molecule has 0 saturated carbocycles. The molecule has 0 N–H and O–H groups in total. The number of benzene rings is 3. The van der Waals surface area contributed by atoms with E-state index in [2.05, 4.69) is 17.0 Å². The Kier molecular flexibility index (Phi) is 5.80. The topological polar surface area (TPSA) is 56.8 Å². The minimum atomic E-state index is 0.0794. The van der Waals surface area contributed by atoms with Crippen LogP contribution in [0.3, 0.4) is 0 Å². The lowest BCUT2D eigenvalue weighted by atomic mass is 10.0. The van der Waals surface area contributed by atoms with Gasteiger partial charge in [-0.25, -0.2) is 4.98 Å². The molecule has 0 spiro atoms. The highest BCUT2D eigenvalue weighted by atomic mass is 32.1. The number of piperazine rings is 1. The molecule has 7 heteroatoms. The number of hydrogen-bond donors (Lipinski definition) is 0. The van der Waals surface area contributed by atoms with Gasteiger partial charge < -0.3 is 9.80 Å². The first-order valence-corrected chi connectivity index (χ1v) is 12.8. The maximum absolute atomic E-state index is 13.1. The van der Waals surface area contributed by atoms with Gasteiger partial charge in [0.1, 0.15) is 5.01 Å². The fraction of sp³-hybridized carbons (Fsp3) is 0.250. The molecule has 2 aliphatic rings. The van der Waals surface area contributed by atoms with Crippen molar-refractivity contribution in [2.75, 3.05) is 39.3 Å². The van der Waals surface area contributed by atoms with Crippen molar-refractivity contribution in [3.63, 3.8) is 0 Å². The molecule has 3 heterocycles. The molecule has 3 aromatic carbocycles. The van der Waals surface area contributed by atoms with Crippen LogP contribution >= 0.6 is 11.3 Å². The molecule has 4 aromatic rings. The maximum Gasteiger partial charge on any atom is 0.254 e. The standard InChI is InChI=1S/C28H26N4O2S/c33-27(21-9-5-2-6-10-21)31-15-13-30(14-16-31)23-18-32(19-23)28(34)22-11-12-24-25(17-22)35-26(29-24)20-7-3-1-4-8-20/h1-12,17,23H,13-16,18-19H2. The third-order valence-corrected chi connectivity index (χ3v) is 8.01. The van der Waals surface area contributed by atoms with Crippen LogP contribution in [0.15, 0.2) is 78.9 Å². The molecule has 0 radical (unpaired) electrons. The smallest absolute Gasteiger partial charge is 0.254 e. The summed E-state index contributed by atoms with van der Waals surface area (Å²) in [5.41, 5.74) is 3.49. The van der Waals surface area contributed by atoms with Crippen molar-refractivity contribution >= 4 is 33.4 Å². The number of nitrogens with zero attached hydrogens (tertiary/aromatic N) is 4. The van der Waals surface area contributed by atoms with Crippen LogP contribution in [0.2, 0.25) is 0 Å². The van der Waals surface area contributed by atoms with Crippen molar-refractivity contribution in [1.29, 1.82) is 0 Å². The largest absolute Gasteiger partial charge is 0.336 e. The summed E-state index contributed by atoms with van der Waals surface area (Å²) < 4.78 is 1.03. The van der Waals surface area contributed by atoms with E-state index in [1.54, 1.807) is 11.3 Å². The average molecular weight is 483 g/mol. The molecule has 0 atom stereocenters. The van der Waals surface area contributed by atoms with Crippen molar-refractivity contribution in [2.24, 2.45) is 0 Å². The van der Waals surface area contributed by atoms with E-state index in [0.29, 0.717) is 6.04 Å². The van der Waals surface area contributed by atoms with E-state index in [4.69, 9.17) is 4.98 Å². The first-order chi connectivity index (χ1) is 17.2. The molecule has 2 amide bonds. The van der Waals surface area contributed by atoms with Gasteiger partial charge in [0.15, 0.2) is 0 Å². The molecule has 6 nitrogen and oxygen atoms in total. The third kappa shape index (κ3) is 4.33. The van der Waals surface area contributed by atoms with Crippen molar-refractivity contribution < 1.29 is 9.59 Å². The van der Waals surface area contributed by atoms with E-state index in [-0.39, 0.29) is 11.8 Å². The molecule has 0 aliphatic carbocycles. The van der Waals surface area contributed by atoms with Crippen LogP contribution < -0.4 is 0 Å². The number of carbonyl (C=O) groups is 2. The first-order valence-electron chi connectivity index (χ1n) is 12.0. The Hall–Kier alpha value is -3.55. The van der Waals surface area contributed by atoms with Crippen molar-refractivity contribution in [3.8, 4) is 10.6 Å². The van der Waals surface area contributed by atoms with Crippen molar-refractivity contribution in [1.82, 2.24) is 19.7 Å². The number of thiazole rings is 1. The average Bonchev–Trinajstić information content (AvgIpc) is 3.32. The van der Waals surface area contributed by atoms with Crippen LogP contribution in [0, 0.1) is 0 Å². The minimum absolute atomic E-state index is 0.0794. The van der Waals surface area contributed by atoms with Gasteiger partial charge in [-0.15, -0.1) is 11.3 Å². The Morgan fingerprint density at radius 2 is 1.40 bits per heavy atom. The second-order valence-corrected chi connectivity index (χ2v) is 10.2. The van der Waals surface area contributed by atoms with E-state index in [0.717, 1.165) is 71.2 Å². The number of amides is 2. The summed E-state index contributed by atoms with van der Waals surface area (Å²) in [5.74, 6) is 0.181. The second-order valence-electron chi connectivity index (χ2n) is 9.13. The highest BCUT2D eigenvalue weighted by molar-refractivity contribution is 7.21. The molecule has 35 heavy (non-hydrogen) atoms. The number of rotatable bonds is 4. The molecule has 2 saturated heterocycles. The second kappa shape index (κ2) is 9.24. The highest BCUT2D eigenvalue weighted by Crippen LogP contribution is 2.31. The Morgan fingerprint density at radius 3 is 2.11 bits per heavy atom. The number of carbonyl (C=O) groups excluding carboxylic acids is 2. The van der Waals surface area contributed by atoms with Gasteiger partial charge in [0, 0.05) is 62.0 Å². The highest BCUT2D eigenvalue weighted by Gasteiger charge is 2.37. The summed E-state index contributed by atoms with van der Waals surface area (Å²) in [6, 6.07) is 25.8. The fourth-order valence-corrected chi connectivity index (χ4v) is 5.86. The van der Waals surface area contributed by atoms with Crippen LogP contribution in [0.1, 0.15) is 20.7 Å². The molecule has 2 aliphatic heterocycles. The number of fused-ring (bicyclic) bond motifs is 1. The van der Waals surface area contributed by atoms with Crippen LogP contribution in [-0.2, 0) is 0 Å². The summed E-state index contributed by atoms with van der Waals surface area (Å²) >= 11 is 1.62. The molecular formula is C28H26N4O2S. The Labute approximate surface area is 208 Å². The quantitative estimate of drug-likeness (QED) is 0.437. The number of aromatic nitrogens is 1. The molecular weight excluding hydrogens is 456 g/mol. The summed E-state index contributed by atoms with van der Waals surface area (Å²) in [4.78, 5) is 36.8. The van der Waals surface area contributed by atoms with Gasteiger partial charge in [-0.2, -0.15) is 0 Å². The first kappa shape index (κ1) is 21.9. The lowest BCUT2D eigenvalue weighted by Crippen LogP contribution is -2.64. The van der Waals surface area contributed by atoms with Gasteiger partial charge in [-0.1, -0.05) is 48.5 Å².